The number of methoxy groups -OCH3 is 1. The second-order valence-corrected chi connectivity index (χ2v) is 5.28. The van der Waals surface area contributed by atoms with Crippen molar-refractivity contribution < 1.29 is 9.53 Å². The third kappa shape index (κ3) is 6.15. The Labute approximate surface area is 113 Å². The highest BCUT2D eigenvalue weighted by Gasteiger charge is 2.12. The van der Waals surface area contributed by atoms with E-state index in [1.54, 1.807) is 19.2 Å². The number of nitrogens with one attached hydrogen (secondary N) is 2. The summed E-state index contributed by atoms with van der Waals surface area (Å²) in [7, 11) is 1.63. The van der Waals surface area contributed by atoms with Gasteiger partial charge >= 0.3 is 0 Å². The van der Waals surface area contributed by atoms with Crippen molar-refractivity contribution in [1.29, 1.82) is 0 Å². The second kappa shape index (κ2) is 7.04. The predicted octanol–water partition coefficient (Wildman–Crippen LogP) is 1.45. The van der Waals surface area contributed by atoms with Crippen molar-refractivity contribution in [1.82, 2.24) is 15.5 Å². The van der Waals surface area contributed by atoms with Crippen LogP contribution in [0.4, 0.5) is 5.82 Å². The molecule has 0 spiro atoms. The van der Waals surface area contributed by atoms with Crippen LogP contribution in [-0.2, 0) is 4.74 Å². The van der Waals surface area contributed by atoms with Crippen LogP contribution in [0.25, 0.3) is 0 Å². The van der Waals surface area contributed by atoms with E-state index in [2.05, 4.69) is 20.8 Å². The SMILES string of the molecule is COCCCNC(=O)c1ccc(NC(C)(C)C)nn1. The summed E-state index contributed by atoms with van der Waals surface area (Å²) in [5.74, 6) is 0.439. The summed E-state index contributed by atoms with van der Waals surface area (Å²) in [6, 6.07) is 3.41. The Hall–Kier alpha value is -1.69. The normalized spacial score (nSPS) is 11.2. The second-order valence-electron chi connectivity index (χ2n) is 5.28. The van der Waals surface area contributed by atoms with Crippen LogP contribution >= 0.6 is 0 Å². The number of rotatable bonds is 6. The van der Waals surface area contributed by atoms with E-state index in [0.29, 0.717) is 24.7 Å². The molecule has 0 saturated heterocycles. The van der Waals surface area contributed by atoms with E-state index in [9.17, 15) is 4.79 Å². The summed E-state index contributed by atoms with van der Waals surface area (Å²) >= 11 is 0. The molecule has 1 aromatic rings. The van der Waals surface area contributed by atoms with Crippen LogP contribution in [0, 0.1) is 0 Å². The van der Waals surface area contributed by atoms with Gasteiger partial charge in [-0.2, -0.15) is 0 Å². The fourth-order valence-corrected chi connectivity index (χ4v) is 1.41. The van der Waals surface area contributed by atoms with Crippen molar-refractivity contribution in [3.63, 3.8) is 0 Å². The Morgan fingerprint density at radius 2 is 2.05 bits per heavy atom. The van der Waals surface area contributed by atoms with Gasteiger partial charge in [0, 0.05) is 25.8 Å². The maximum atomic E-state index is 11.7. The zero-order chi connectivity index (χ0) is 14.3. The van der Waals surface area contributed by atoms with E-state index >= 15 is 0 Å². The molecular weight excluding hydrogens is 244 g/mol. The Bertz CT molecular complexity index is 398. The van der Waals surface area contributed by atoms with Crippen LogP contribution in [0.1, 0.15) is 37.7 Å². The van der Waals surface area contributed by atoms with Gasteiger partial charge in [0.1, 0.15) is 5.82 Å². The number of carbonyl (C=O) groups is 1. The molecule has 1 amide bonds. The van der Waals surface area contributed by atoms with Crippen molar-refractivity contribution in [3.8, 4) is 0 Å². The van der Waals surface area contributed by atoms with E-state index in [4.69, 9.17) is 4.74 Å². The smallest absolute Gasteiger partial charge is 0.271 e. The summed E-state index contributed by atoms with van der Waals surface area (Å²) in [6.45, 7) is 7.29. The first-order chi connectivity index (χ1) is 8.92. The average Bonchev–Trinajstić information content (AvgIpc) is 2.33. The van der Waals surface area contributed by atoms with Gasteiger partial charge in [-0.15, -0.1) is 10.2 Å². The fraction of sp³-hybridized carbons (Fsp3) is 0.615. The summed E-state index contributed by atoms with van der Waals surface area (Å²) < 4.78 is 4.90. The molecule has 1 aromatic heterocycles. The van der Waals surface area contributed by atoms with Crippen LogP contribution in [0.2, 0.25) is 0 Å². The minimum atomic E-state index is -0.217. The highest BCUT2D eigenvalue weighted by molar-refractivity contribution is 5.92. The third-order valence-electron chi connectivity index (χ3n) is 2.21. The summed E-state index contributed by atoms with van der Waals surface area (Å²) in [6.07, 6.45) is 0.777. The molecule has 6 heteroatoms. The van der Waals surface area contributed by atoms with Gasteiger partial charge in [0.05, 0.1) is 0 Å². The van der Waals surface area contributed by atoms with Crippen molar-refractivity contribution in [2.24, 2.45) is 0 Å². The first kappa shape index (κ1) is 15.4. The van der Waals surface area contributed by atoms with Crippen LogP contribution in [0.15, 0.2) is 12.1 Å². The first-order valence-corrected chi connectivity index (χ1v) is 6.31. The zero-order valence-electron chi connectivity index (χ0n) is 12.0. The molecule has 1 rings (SSSR count). The van der Waals surface area contributed by atoms with Gasteiger partial charge in [-0.3, -0.25) is 4.79 Å². The minimum Gasteiger partial charge on any atom is -0.385 e. The summed E-state index contributed by atoms with van der Waals surface area (Å²) in [4.78, 5) is 11.7. The highest BCUT2D eigenvalue weighted by Crippen LogP contribution is 2.10. The quantitative estimate of drug-likeness (QED) is 0.762. The number of nitrogens with zero attached hydrogens (tertiary/aromatic N) is 2. The Morgan fingerprint density at radius 3 is 2.58 bits per heavy atom. The molecule has 106 valence electrons. The molecule has 0 aliphatic carbocycles. The molecule has 6 nitrogen and oxygen atoms in total. The predicted molar refractivity (Wildman–Crippen MR) is 74.2 cm³/mol. The largest absolute Gasteiger partial charge is 0.385 e. The van der Waals surface area contributed by atoms with Crippen molar-refractivity contribution in [3.05, 3.63) is 17.8 Å². The summed E-state index contributed by atoms with van der Waals surface area (Å²) in [5, 5.41) is 13.8. The number of ether oxygens (including phenoxy) is 1. The monoisotopic (exact) mass is 266 g/mol. The van der Waals surface area contributed by atoms with E-state index in [0.717, 1.165) is 6.42 Å². The third-order valence-corrected chi connectivity index (χ3v) is 2.21. The molecular formula is C13H22N4O2. The van der Waals surface area contributed by atoms with Crippen molar-refractivity contribution in [2.45, 2.75) is 32.7 Å². The van der Waals surface area contributed by atoms with Gasteiger partial charge in [0.15, 0.2) is 5.69 Å². The van der Waals surface area contributed by atoms with Crippen LogP contribution in [0.5, 0.6) is 0 Å². The summed E-state index contributed by atoms with van der Waals surface area (Å²) in [5.41, 5.74) is 0.232. The number of anilines is 1. The number of hydrogen-bond donors (Lipinski definition) is 2. The molecule has 0 fully saturated rings. The van der Waals surface area contributed by atoms with Crippen molar-refractivity contribution in [2.75, 3.05) is 25.6 Å². The highest BCUT2D eigenvalue weighted by atomic mass is 16.5. The van der Waals surface area contributed by atoms with Crippen LogP contribution in [-0.4, -0.2) is 41.9 Å². The Morgan fingerprint density at radius 1 is 1.32 bits per heavy atom. The number of carbonyl (C=O) groups excluding carboxylic acids is 1. The lowest BCUT2D eigenvalue weighted by molar-refractivity contribution is 0.0942. The molecule has 0 atom stereocenters. The van der Waals surface area contributed by atoms with Gasteiger partial charge in [-0.1, -0.05) is 0 Å². The molecule has 0 radical (unpaired) electrons. The van der Waals surface area contributed by atoms with E-state index in [1.165, 1.54) is 0 Å². The molecule has 0 unspecified atom stereocenters. The van der Waals surface area contributed by atoms with E-state index in [-0.39, 0.29) is 11.4 Å². The minimum absolute atomic E-state index is 0.0847. The number of aromatic nitrogens is 2. The lowest BCUT2D eigenvalue weighted by Crippen LogP contribution is -2.28. The molecule has 0 saturated carbocycles. The lowest BCUT2D eigenvalue weighted by Gasteiger charge is -2.20. The average molecular weight is 266 g/mol. The van der Waals surface area contributed by atoms with E-state index < -0.39 is 0 Å². The zero-order valence-corrected chi connectivity index (χ0v) is 12.0. The molecule has 0 bridgehead atoms. The molecule has 2 N–H and O–H groups in total. The van der Waals surface area contributed by atoms with Crippen molar-refractivity contribution >= 4 is 11.7 Å². The van der Waals surface area contributed by atoms with Gasteiger partial charge in [-0.05, 0) is 39.3 Å². The lowest BCUT2D eigenvalue weighted by atomic mass is 10.1. The molecule has 1 heterocycles. The maximum Gasteiger partial charge on any atom is 0.271 e. The van der Waals surface area contributed by atoms with Crippen LogP contribution < -0.4 is 10.6 Å². The molecule has 0 aromatic carbocycles. The van der Waals surface area contributed by atoms with Gasteiger partial charge in [0.2, 0.25) is 0 Å². The molecule has 0 aliphatic heterocycles. The Balaban J connectivity index is 2.49. The molecule has 0 aliphatic rings. The first-order valence-electron chi connectivity index (χ1n) is 6.31. The standard InChI is InChI=1S/C13H22N4O2/c1-13(2,3)15-11-7-6-10(16-17-11)12(18)14-8-5-9-19-4/h6-7H,5,8-9H2,1-4H3,(H,14,18)(H,15,17). The Kier molecular flexibility index (Phi) is 5.69. The number of hydrogen-bond acceptors (Lipinski definition) is 5. The molecule has 19 heavy (non-hydrogen) atoms. The topological polar surface area (TPSA) is 76.1 Å². The maximum absolute atomic E-state index is 11.7. The van der Waals surface area contributed by atoms with Gasteiger partial charge in [0.25, 0.3) is 5.91 Å². The van der Waals surface area contributed by atoms with Crippen LogP contribution in [0.3, 0.4) is 0 Å². The fourth-order valence-electron chi connectivity index (χ4n) is 1.41. The number of amides is 1. The van der Waals surface area contributed by atoms with E-state index in [1.807, 2.05) is 20.8 Å². The van der Waals surface area contributed by atoms with Gasteiger partial charge < -0.3 is 15.4 Å². The van der Waals surface area contributed by atoms with Gasteiger partial charge in [-0.25, -0.2) is 0 Å².